The summed E-state index contributed by atoms with van der Waals surface area (Å²) in [6.45, 7) is 1.19. The van der Waals surface area contributed by atoms with Gasteiger partial charge in [0, 0.05) is 37.4 Å². The molecule has 1 N–H and O–H groups in total. The monoisotopic (exact) mass is 479 g/mol. The number of nitrogens with one attached hydrogen (secondary N) is 1. The number of carbonyl (C=O) groups excluding carboxylic acids is 3. The lowest BCUT2D eigenvalue weighted by Gasteiger charge is -2.36. The lowest BCUT2D eigenvalue weighted by Crippen LogP contribution is -2.50. The first-order valence-electron chi connectivity index (χ1n) is 10.5. The number of hydrogen-bond acceptors (Lipinski definition) is 6. The van der Waals surface area contributed by atoms with E-state index in [1.807, 2.05) is 24.3 Å². The van der Waals surface area contributed by atoms with E-state index in [1.54, 1.807) is 12.0 Å². The molecule has 0 aliphatic carbocycles. The molecular formula is C23H24F3N3O5. The summed E-state index contributed by atoms with van der Waals surface area (Å²) in [4.78, 5) is 39.9. The zero-order chi connectivity index (χ0) is 24.7. The minimum Gasteiger partial charge on any atom is -0.497 e. The number of nitrogens with zero attached hydrogens (tertiary/aromatic N) is 2. The van der Waals surface area contributed by atoms with Crippen LogP contribution in [0.4, 0.5) is 18.9 Å². The smallest absolute Gasteiger partial charge is 0.416 e. The van der Waals surface area contributed by atoms with Crippen LogP contribution in [0, 0.1) is 0 Å². The fourth-order valence-electron chi connectivity index (χ4n) is 3.36. The van der Waals surface area contributed by atoms with Gasteiger partial charge in [0.1, 0.15) is 12.3 Å². The topological polar surface area (TPSA) is 88.2 Å². The second kappa shape index (κ2) is 10.9. The van der Waals surface area contributed by atoms with Gasteiger partial charge in [0.15, 0.2) is 6.61 Å². The number of halogens is 3. The number of esters is 1. The zero-order valence-electron chi connectivity index (χ0n) is 18.4. The van der Waals surface area contributed by atoms with Crippen LogP contribution in [0.2, 0.25) is 0 Å². The molecule has 0 saturated carbocycles. The predicted molar refractivity (Wildman–Crippen MR) is 117 cm³/mol. The molecule has 1 saturated heterocycles. The lowest BCUT2D eigenvalue weighted by molar-refractivity contribution is -0.151. The first-order chi connectivity index (χ1) is 16.2. The van der Waals surface area contributed by atoms with E-state index < -0.39 is 36.8 Å². The summed E-state index contributed by atoms with van der Waals surface area (Å²) < 4.78 is 47.8. The third-order valence-electron chi connectivity index (χ3n) is 5.29. The van der Waals surface area contributed by atoms with Crippen molar-refractivity contribution in [3.63, 3.8) is 0 Å². The number of alkyl halides is 3. The Morgan fingerprint density at radius 3 is 2.12 bits per heavy atom. The van der Waals surface area contributed by atoms with E-state index in [2.05, 4.69) is 10.2 Å². The number of piperazine rings is 1. The molecule has 1 aliphatic rings. The lowest BCUT2D eigenvalue weighted by atomic mass is 10.1. The first-order valence-corrected chi connectivity index (χ1v) is 10.5. The molecule has 0 bridgehead atoms. The zero-order valence-corrected chi connectivity index (χ0v) is 18.4. The van der Waals surface area contributed by atoms with E-state index in [0.717, 1.165) is 35.7 Å². The summed E-state index contributed by atoms with van der Waals surface area (Å²) >= 11 is 0. The van der Waals surface area contributed by atoms with Gasteiger partial charge in [-0.3, -0.25) is 14.4 Å². The fourth-order valence-corrected chi connectivity index (χ4v) is 3.36. The number of carbonyl (C=O) groups is 3. The van der Waals surface area contributed by atoms with Crippen molar-refractivity contribution in [3.05, 3.63) is 59.7 Å². The van der Waals surface area contributed by atoms with Crippen molar-refractivity contribution in [2.75, 3.05) is 51.3 Å². The van der Waals surface area contributed by atoms with Gasteiger partial charge in [-0.05, 0) is 48.5 Å². The van der Waals surface area contributed by atoms with Crippen molar-refractivity contribution < 1.29 is 37.0 Å². The normalized spacial score (nSPS) is 13.9. The van der Waals surface area contributed by atoms with Gasteiger partial charge in [0.05, 0.1) is 12.7 Å². The Hall–Kier alpha value is -3.76. The van der Waals surface area contributed by atoms with Crippen LogP contribution in [0.5, 0.6) is 5.75 Å². The molecule has 0 unspecified atom stereocenters. The van der Waals surface area contributed by atoms with Gasteiger partial charge < -0.3 is 24.6 Å². The average Bonchev–Trinajstić information content (AvgIpc) is 2.85. The van der Waals surface area contributed by atoms with Crippen LogP contribution in [-0.2, 0) is 20.5 Å². The Kier molecular flexibility index (Phi) is 7.98. The molecule has 2 aromatic carbocycles. The standard InChI is InChI=1S/C23H24F3N3O5/c1-33-19-8-6-18(7-9-19)28-10-12-29(13-11-28)20(30)15-34-21(31)14-27-22(32)16-2-4-17(5-3-16)23(24,25)26/h2-9H,10-15H2,1H3,(H,27,32). The first kappa shape index (κ1) is 24.9. The summed E-state index contributed by atoms with van der Waals surface area (Å²) in [7, 11) is 1.60. The molecule has 1 fully saturated rings. The highest BCUT2D eigenvalue weighted by atomic mass is 19.4. The molecule has 0 aromatic heterocycles. The van der Waals surface area contributed by atoms with Crippen LogP contribution in [0.3, 0.4) is 0 Å². The minimum atomic E-state index is -4.51. The third-order valence-corrected chi connectivity index (χ3v) is 5.29. The highest BCUT2D eigenvalue weighted by Crippen LogP contribution is 2.29. The van der Waals surface area contributed by atoms with Crippen LogP contribution in [-0.4, -0.2) is 69.1 Å². The highest BCUT2D eigenvalue weighted by molar-refractivity contribution is 5.96. The number of anilines is 1. The van der Waals surface area contributed by atoms with E-state index in [0.29, 0.717) is 26.2 Å². The number of rotatable bonds is 7. The maximum absolute atomic E-state index is 12.6. The molecule has 182 valence electrons. The summed E-state index contributed by atoms with van der Waals surface area (Å²) in [5.74, 6) is -1.15. The maximum Gasteiger partial charge on any atom is 0.416 e. The SMILES string of the molecule is COc1ccc(N2CCN(C(=O)COC(=O)CNC(=O)c3ccc(C(F)(F)F)cc3)CC2)cc1. The summed E-state index contributed by atoms with van der Waals surface area (Å²) in [5.41, 5.74) is 0.0986. The second-order valence-electron chi connectivity index (χ2n) is 7.48. The molecule has 0 atom stereocenters. The molecule has 1 heterocycles. The molecule has 2 amide bonds. The van der Waals surface area contributed by atoms with E-state index >= 15 is 0 Å². The Balaban J connectivity index is 1.37. The minimum absolute atomic E-state index is 0.0355. The van der Waals surface area contributed by atoms with E-state index in [9.17, 15) is 27.6 Å². The Morgan fingerprint density at radius 2 is 1.56 bits per heavy atom. The molecular weight excluding hydrogens is 455 g/mol. The number of amides is 2. The molecule has 0 spiro atoms. The van der Waals surface area contributed by atoms with E-state index in [1.165, 1.54) is 0 Å². The Morgan fingerprint density at radius 1 is 0.941 bits per heavy atom. The van der Waals surface area contributed by atoms with Crippen LogP contribution < -0.4 is 15.0 Å². The molecule has 8 nitrogen and oxygen atoms in total. The Bertz CT molecular complexity index is 1000. The van der Waals surface area contributed by atoms with Gasteiger partial charge in [-0.1, -0.05) is 0 Å². The van der Waals surface area contributed by atoms with Gasteiger partial charge in [-0.15, -0.1) is 0 Å². The third kappa shape index (κ3) is 6.63. The molecule has 1 aliphatic heterocycles. The quantitative estimate of drug-likeness (QED) is 0.614. The largest absolute Gasteiger partial charge is 0.497 e. The molecule has 0 radical (unpaired) electrons. The van der Waals surface area contributed by atoms with Crippen molar-refractivity contribution in [1.29, 1.82) is 0 Å². The van der Waals surface area contributed by atoms with Crippen molar-refractivity contribution >= 4 is 23.5 Å². The molecule has 2 aromatic rings. The highest BCUT2D eigenvalue weighted by Gasteiger charge is 2.30. The second-order valence-corrected chi connectivity index (χ2v) is 7.48. The van der Waals surface area contributed by atoms with Crippen LogP contribution >= 0.6 is 0 Å². The van der Waals surface area contributed by atoms with Crippen molar-refractivity contribution in [2.45, 2.75) is 6.18 Å². The van der Waals surface area contributed by atoms with Crippen molar-refractivity contribution in [2.24, 2.45) is 0 Å². The van der Waals surface area contributed by atoms with Crippen LogP contribution in [0.25, 0.3) is 0 Å². The number of benzene rings is 2. The van der Waals surface area contributed by atoms with Gasteiger partial charge in [0.2, 0.25) is 0 Å². The predicted octanol–water partition coefficient (Wildman–Crippen LogP) is 2.34. The van der Waals surface area contributed by atoms with E-state index in [4.69, 9.17) is 9.47 Å². The average molecular weight is 479 g/mol. The van der Waals surface area contributed by atoms with Gasteiger partial charge in [-0.25, -0.2) is 0 Å². The van der Waals surface area contributed by atoms with Gasteiger partial charge in [-0.2, -0.15) is 13.2 Å². The van der Waals surface area contributed by atoms with Crippen molar-refractivity contribution in [1.82, 2.24) is 10.2 Å². The molecule has 3 rings (SSSR count). The fraction of sp³-hybridized carbons (Fsp3) is 0.348. The Labute approximate surface area is 194 Å². The van der Waals surface area contributed by atoms with Gasteiger partial charge in [0.25, 0.3) is 11.8 Å². The molecule has 11 heteroatoms. The maximum atomic E-state index is 12.6. The van der Waals surface area contributed by atoms with Gasteiger partial charge >= 0.3 is 12.1 Å². The number of hydrogen-bond donors (Lipinski definition) is 1. The number of ether oxygens (including phenoxy) is 2. The van der Waals surface area contributed by atoms with Crippen LogP contribution in [0.15, 0.2) is 48.5 Å². The summed E-state index contributed by atoms with van der Waals surface area (Å²) in [5, 5.41) is 2.26. The van der Waals surface area contributed by atoms with Crippen molar-refractivity contribution in [3.8, 4) is 5.75 Å². The number of methoxy groups -OCH3 is 1. The summed E-state index contributed by atoms with van der Waals surface area (Å²) in [6, 6.07) is 11.2. The summed E-state index contributed by atoms with van der Waals surface area (Å²) in [6.07, 6.45) is -4.51. The van der Waals surface area contributed by atoms with E-state index in [-0.39, 0.29) is 11.5 Å². The van der Waals surface area contributed by atoms with Crippen LogP contribution in [0.1, 0.15) is 15.9 Å². The molecule has 34 heavy (non-hydrogen) atoms.